The van der Waals surface area contributed by atoms with Crippen LogP contribution in [0.1, 0.15) is 98.3 Å². The number of aliphatic carboxylic acids is 1. The van der Waals surface area contributed by atoms with E-state index in [1.54, 1.807) is 26.8 Å². The maximum Gasteiger partial charge on any atom is 0.509 e. The lowest BCUT2D eigenvalue weighted by Crippen LogP contribution is -2.27. The van der Waals surface area contributed by atoms with Gasteiger partial charge in [0.05, 0.1) is 6.10 Å². The van der Waals surface area contributed by atoms with E-state index in [1.807, 2.05) is 6.08 Å². The van der Waals surface area contributed by atoms with Crippen molar-refractivity contribution < 1.29 is 34.1 Å². The average Bonchev–Trinajstić information content (AvgIpc) is 2.93. The minimum Gasteiger partial charge on any atom is -0.481 e. The molecule has 0 bridgehead atoms. The molecule has 0 unspecified atom stereocenters. The highest BCUT2D eigenvalue weighted by atomic mass is 16.7. The van der Waals surface area contributed by atoms with Crippen LogP contribution in [0.15, 0.2) is 12.2 Å². The largest absolute Gasteiger partial charge is 0.509 e. The number of hydrogen-bond donors (Lipinski definition) is 2. The summed E-state index contributed by atoms with van der Waals surface area (Å²) in [6.45, 7) is 7.45. The van der Waals surface area contributed by atoms with E-state index in [9.17, 15) is 19.5 Å². The minimum absolute atomic E-state index is 0.0632. The zero-order valence-electron chi connectivity index (χ0n) is 20.2. The molecule has 0 saturated heterocycles. The van der Waals surface area contributed by atoms with Gasteiger partial charge < -0.3 is 19.7 Å². The van der Waals surface area contributed by atoms with Gasteiger partial charge in [0.25, 0.3) is 0 Å². The minimum atomic E-state index is -0.786. The molecule has 1 fully saturated rings. The highest BCUT2D eigenvalue weighted by Gasteiger charge is 2.39. The predicted octanol–water partition coefficient (Wildman–Crippen LogP) is 5.43. The molecule has 7 heteroatoms. The number of ether oxygens (including phenoxy) is 2. The van der Waals surface area contributed by atoms with Crippen molar-refractivity contribution in [3.8, 4) is 0 Å². The van der Waals surface area contributed by atoms with Crippen LogP contribution in [0, 0.1) is 11.8 Å². The van der Waals surface area contributed by atoms with E-state index in [0.29, 0.717) is 19.3 Å². The first-order chi connectivity index (χ1) is 15.0. The molecule has 0 spiro atoms. The third kappa shape index (κ3) is 11.7. The van der Waals surface area contributed by atoms with Crippen LogP contribution in [0.3, 0.4) is 0 Å². The maximum atomic E-state index is 12.4. The summed E-state index contributed by atoms with van der Waals surface area (Å²) in [5.41, 5.74) is -0.640. The van der Waals surface area contributed by atoms with E-state index in [-0.39, 0.29) is 30.5 Å². The van der Waals surface area contributed by atoms with Gasteiger partial charge in [-0.1, -0.05) is 45.1 Å². The van der Waals surface area contributed by atoms with Crippen LogP contribution in [0.2, 0.25) is 0 Å². The van der Waals surface area contributed by atoms with Gasteiger partial charge in [-0.25, -0.2) is 4.79 Å². The number of ketones is 1. The van der Waals surface area contributed by atoms with Crippen molar-refractivity contribution in [2.45, 2.75) is 116 Å². The Kier molecular flexibility index (Phi) is 12.6. The fourth-order valence-corrected chi connectivity index (χ4v) is 4.03. The first kappa shape index (κ1) is 28.1. The van der Waals surface area contributed by atoms with Crippen LogP contribution in [-0.4, -0.2) is 45.9 Å². The smallest absolute Gasteiger partial charge is 0.481 e. The second-order valence-corrected chi connectivity index (χ2v) is 9.77. The van der Waals surface area contributed by atoms with Crippen LogP contribution in [0.4, 0.5) is 4.79 Å². The molecule has 1 saturated carbocycles. The van der Waals surface area contributed by atoms with E-state index in [0.717, 1.165) is 38.5 Å². The summed E-state index contributed by atoms with van der Waals surface area (Å²) in [5, 5.41) is 19.1. The summed E-state index contributed by atoms with van der Waals surface area (Å²) in [4.78, 5) is 35.1. The molecule has 32 heavy (non-hydrogen) atoms. The molecule has 0 aromatic heterocycles. The number of carboxylic acids is 1. The molecular formula is C25H42O7. The molecular weight excluding hydrogens is 412 g/mol. The average molecular weight is 455 g/mol. The Bertz CT molecular complexity index is 620. The predicted molar refractivity (Wildman–Crippen MR) is 122 cm³/mol. The van der Waals surface area contributed by atoms with Gasteiger partial charge in [0.2, 0.25) is 0 Å². The number of hydrogen-bond acceptors (Lipinski definition) is 6. The number of unbranched alkanes of at least 4 members (excludes halogenated alkanes) is 5. The first-order valence-electron chi connectivity index (χ1n) is 12.0. The molecule has 0 amide bonds. The van der Waals surface area contributed by atoms with Crippen molar-refractivity contribution in [1.82, 2.24) is 0 Å². The Hall–Kier alpha value is -1.89. The topological polar surface area (TPSA) is 110 Å². The lowest BCUT2D eigenvalue weighted by molar-refractivity contribution is -0.137. The van der Waals surface area contributed by atoms with Crippen LogP contribution in [0.5, 0.6) is 0 Å². The fraction of sp³-hybridized carbons (Fsp3) is 0.800. The van der Waals surface area contributed by atoms with Gasteiger partial charge >= 0.3 is 12.1 Å². The summed E-state index contributed by atoms with van der Waals surface area (Å²) in [7, 11) is 0. The number of Topliss-reactive ketones (excluding diaryl/α,β-unsaturated/α-hetero) is 1. The van der Waals surface area contributed by atoms with E-state index in [1.165, 1.54) is 0 Å². The van der Waals surface area contributed by atoms with Crippen LogP contribution in [-0.2, 0) is 19.1 Å². The molecule has 0 heterocycles. The van der Waals surface area contributed by atoms with Gasteiger partial charge in [0.1, 0.15) is 17.5 Å². The van der Waals surface area contributed by atoms with Crippen LogP contribution >= 0.6 is 0 Å². The first-order valence-corrected chi connectivity index (χ1v) is 12.0. The molecule has 1 rings (SSSR count). The van der Waals surface area contributed by atoms with E-state index in [4.69, 9.17) is 14.6 Å². The molecule has 0 aliphatic heterocycles. The Morgan fingerprint density at radius 2 is 1.81 bits per heavy atom. The highest BCUT2D eigenvalue weighted by molar-refractivity contribution is 5.84. The molecule has 7 nitrogen and oxygen atoms in total. The number of carboxylic acid groups (broad SMARTS) is 1. The second kappa shape index (κ2) is 14.3. The van der Waals surface area contributed by atoms with Crippen molar-refractivity contribution in [1.29, 1.82) is 0 Å². The van der Waals surface area contributed by atoms with Crippen LogP contribution < -0.4 is 0 Å². The lowest BCUT2D eigenvalue weighted by Gasteiger charge is -2.22. The Morgan fingerprint density at radius 3 is 2.44 bits per heavy atom. The summed E-state index contributed by atoms with van der Waals surface area (Å²) >= 11 is 0. The highest BCUT2D eigenvalue weighted by Crippen LogP contribution is 2.34. The zero-order chi connectivity index (χ0) is 24.1. The van der Waals surface area contributed by atoms with E-state index < -0.39 is 29.9 Å². The number of rotatable bonds is 14. The molecule has 4 atom stereocenters. The molecule has 0 aromatic carbocycles. The van der Waals surface area contributed by atoms with Crippen molar-refractivity contribution >= 4 is 17.9 Å². The van der Waals surface area contributed by atoms with E-state index >= 15 is 0 Å². The molecule has 1 aliphatic rings. The monoisotopic (exact) mass is 454 g/mol. The zero-order valence-corrected chi connectivity index (χ0v) is 20.2. The number of carbonyl (C=O) groups excluding carboxylic acids is 2. The Balaban J connectivity index is 2.69. The van der Waals surface area contributed by atoms with Gasteiger partial charge in [0.15, 0.2) is 0 Å². The Labute approximate surface area is 192 Å². The summed E-state index contributed by atoms with van der Waals surface area (Å²) in [5.74, 6) is -1.27. The molecule has 2 N–H and O–H groups in total. The second-order valence-electron chi connectivity index (χ2n) is 9.77. The van der Waals surface area contributed by atoms with Gasteiger partial charge in [-0.3, -0.25) is 9.59 Å². The summed E-state index contributed by atoms with van der Waals surface area (Å²) in [6, 6.07) is 0. The molecule has 0 radical (unpaired) electrons. The molecule has 1 aliphatic carbocycles. The summed E-state index contributed by atoms with van der Waals surface area (Å²) < 4.78 is 10.8. The van der Waals surface area contributed by atoms with Gasteiger partial charge in [-0.05, 0) is 52.5 Å². The SMILES string of the molecule is CCCCC[C@@H](/C=C/[C@H]1[C@H](O)CC(=O)[C@@H]1CCCCCCC(=O)O)OC(=O)OC(C)(C)C. The summed E-state index contributed by atoms with van der Waals surface area (Å²) in [6.07, 6.45) is 9.50. The Morgan fingerprint density at radius 1 is 1.12 bits per heavy atom. The van der Waals surface area contributed by atoms with Gasteiger partial charge in [0, 0.05) is 24.7 Å². The third-order valence-corrected chi connectivity index (χ3v) is 5.67. The van der Waals surface area contributed by atoms with Crippen molar-refractivity contribution in [3.63, 3.8) is 0 Å². The molecule has 184 valence electrons. The van der Waals surface area contributed by atoms with Crippen molar-refractivity contribution in [2.75, 3.05) is 0 Å². The third-order valence-electron chi connectivity index (χ3n) is 5.67. The van der Waals surface area contributed by atoms with Gasteiger partial charge in [-0.2, -0.15) is 0 Å². The van der Waals surface area contributed by atoms with Crippen molar-refractivity contribution in [3.05, 3.63) is 12.2 Å². The lowest BCUT2D eigenvalue weighted by atomic mass is 9.88. The fourth-order valence-electron chi connectivity index (χ4n) is 4.03. The number of aliphatic hydroxyl groups excluding tert-OH is 1. The van der Waals surface area contributed by atoms with Crippen molar-refractivity contribution in [2.24, 2.45) is 11.8 Å². The quantitative estimate of drug-likeness (QED) is 0.204. The van der Waals surface area contributed by atoms with Gasteiger partial charge in [-0.15, -0.1) is 0 Å². The normalized spacial score (nSPS) is 22.3. The number of carbonyl (C=O) groups is 3. The number of aliphatic hydroxyl groups is 1. The molecule has 0 aromatic rings. The van der Waals surface area contributed by atoms with E-state index in [2.05, 4.69) is 6.92 Å². The van der Waals surface area contributed by atoms with Crippen LogP contribution in [0.25, 0.3) is 0 Å². The standard InChI is InChI=1S/C25H42O7/c1-5-6-9-12-18(31-24(30)32-25(2,3)4)15-16-20-19(21(26)17-22(20)27)13-10-7-8-11-14-23(28)29/h15-16,18-20,22,27H,5-14,17H2,1-4H3,(H,28,29)/b16-15+/t18-,19+,20+,22+/m0/s1. The maximum absolute atomic E-state index is 12.4.